The van der Waals surface area contributed by atoms with Crippen molar-refractivity contribution in [2.45, 2.75) is 64.8 Å². The summed E-state index contributed by atoms with van der Waals surface area (Å²) in [5.41, 5.74) is 2.43. The highest BCUT2D eigenvalue weighted by Crippen LogP contribution is 2.20. The Labute approximate surface area is 308 Å². The summed E-state index contributed by atoms with van der Waals surface area (Å²) in [6, 6.07) is 13.9. The molecule has 0 aliphatic carbocycles. The molecule has 0 spiro atoms. The van der Waals surface area contributed by atoms with Crippen LogP contribution in [-0.4, -0.2) is 102 Å². The lowest BCUT2D eigenvalue weighted by Gasteiger charge is -2.15. The molecule has 0 bridgehead atoms. The van der Waals surface area contributed by atoms with Gasteiger partial charge in [-0.15, -0.1) is 10.2 Å². The highest BCUT2D eigenvalue weighted by atomic mass is 127. The van der Waals surface area contributed by atoms with Crippen LogP contribution >= 0.6 is 22.6 Å². The van der Waals surface area contributed by atoms with Crippen molar-refractivity contribution in [2.75, 3.05) is 13.2 Å². The maximum absolute atomic E-state index is 8.65. The van der Waals surface area contributed by atoms with Gasteiger partial charge in [0.05, 0.1) is 0 Å². The van der Waals surface area contributed by atoms with Gasteiger partial charge >= 0.3 is 7.69 Å². The SMILES string of the molecule is C[Si](C)(C)CCOCn1ccc2ccc(O[B]O)nc21.Cn1nnnc1-c1ccc2ccn(COCC[Si](C)(C)C)c2n1.Cn1nnnc1I. The highest BCUT2D eigenvalue weighted by molar-refractivity contribution is 14.1. The van der Waals surface area contributed by atoms with Gasteiger partial charge in [-0.05, 0) is 69.3 Å². The van der Waals surface area contributed by atoms with Crippen LogP contribution < -0.4 is 4.65 Å². The molecule has 0 amide bonds. The maximum Gasteiger partial charge on any atom is 0.570 e. The number of aryl methyl sites for hydroxylation is 2. The van der Waals surface area contributed by atoms with Crippen molar-refractivity contribution >= 4 is 68.5 Å². The zero-order chi connectivity index (χ0) is 36.3. The normalized spacial score (nSPS) is 11.6. The fourth-order valence-electron chi connectivity index (χ4n) is 4.30. The molecular weight excluding hydrogens is 786 g/mol. The van der Waals surface area contributed by atoms with Gasteiger partial charge in [-0.3, -0.25) is 0 Å². The first kappa shape index (κ1) is 39.2. The Morgan fingerprint density at radius 3 is 1.72 bits per heavy atom. The number of nitrogens with zero attached hydrogens (tertiary/aromatic N) is 12. The van der Waals surface area contributed by atoms with Crippen LogP contribution in [0.25, 0.3) is 33.6 Å². The number of ether oxygens (including phenoxy) is 2. The molecule has 0 aliphatic rings. The number of halogens is 1. The third-order valence-corrected chi connectivity index (χ3v) is 11.6. The molecule has 16 nitrogen and oxygen atoms in total. The van der Waals surface area contributed by atoms with Crippen molar-refractivity contribution in [3.63, 3.8) is 0 Å². The molecule has 50 heavy (non-hydrogen) atoms. The van der Waals surface area contributed by atoms with Gasteiger partial charge in [-0.1, -0.05) is 39.3 Å². The maximum atomic E-state index is 8.65. The van der Waals surface area contributed by atoms with Crippen molar-refractivity contribution in [1.82, 2.24) is 59.5 Å². The number of tetrazole rings is 2. The monoisotopic (exact) mass is 831 g/mol. The molecule has 0 aromatic carbocycles. The molecular formula is C30H45BIN12O4Si2. The first-order valence-electron chi connectivity index (χ1n) is 16.0. The smallest absolute Gasteiger partial charge is 0.523 e. The third-order valence-electron chi connectivity index (χ3n) is 7.24. The molecule has 0 saturated heterocycles. The Kier molecular flexibility index (Phi) is 14.2. The number of hydrogen-bond donors (Lipinski definition) is 1. The summed E-state index contributed by atoms with van der Waals surface area (Å²) in [5.74, 6) is 1.02. The van der Waals surface area contributed by atoms with E-state index in [9.17, 15) is 0 Å². The Morgan fingerprint density at radius 1 is 0.720 bits per heavy atom. The summed E-state index contributed by atoms with van der Waals surface area (Å²) in [6.45, 7) is 16.6. The average Bonchev–Trinajstić information content (AvgIpc) is 3.85. The largest absolute Gasteiger partial charge is 0.570 e. The van der Waals surface area contributed by atoms with Gasteiger partial charge < -0.3 is 28.3 Å². The van der Waals surface area contributed by atoms with Crippen LogP contribution in [0.4, 0.5) is 0 Å². The van der Waals surface area contributed by atoms with Gasteiger partial charge in [0.25, 0.3) is 0 Å². The van der Waals surface area contributed by atoms with E-state index in [-0.39, 0.29) is 0 Å². The summed E-state index contributed by atoms with van der Waals surface area (Å²) in [7, 11) is 2.12. The molecule has 6 heterocycles. The third kappa shape index (κ3) is 12.0. The molecule has 6 rings (SSSR count). The van der Waals surface area contributed by atoms with Crippen LogP contribution in [0.3, 0.4) is 0 Å². The predicted molar refractivity (Wildman–Crippen MR) is 206 cm³/mol. The van der Waals surface area contributed by atoms with Gasteiger partial charge in [0.2, 0.25) is 3.83 Å². The molecule has 0 unspecified atom stereocenters. The van der Waals surface area contributed by atoms with E-state index in [0.717, 1.165) is 56.9 Å². The summed E-state index contributed by atoms with van der Waals surface area (Å²) in [4.78, 5) is 9.02. The first-order valence-corrected chi connectivity index (χ1v) is 24.5. The van der Waals surface area contributed by atoms with Crippen molar-refractivity contribution in [3.05, 3.63) is 52.6 Å². The summed E-state index contributed by atoms with van der Waals surface area (Å²) >= 11 is 2.05. The molecule has 0 saturated carbocycles. The van der Waals surface area contributed by atoms with Gasteiger partial charge in [-0.25, -0.2) is 14.3 Å². The van der Waals surface area contributed by atoms with Crippen molar-refractivity contribution in [1.29, 1.82) is 0 Å². The second-order valence-corrected chi connectivity index (χ2v) is 26.1. The minimum absolute atomic E-state index is 0.363. The molecule has 1 radical (unpaired) electrons. The molecule has 20 heteroatoms. The van der Waals surface area contributed by atoms with E-state index in [0.29, 0.717) is 32.9 Å². The number of fused-ring (bicyclic) bond motifs is 2. The number of pyridine rings is 2. The molecule has 6 aromatic rings. The lowest BCUT2D eigenvalue weighted by molar-refractivity contribution is 0.0897. The Balaban J connectivity index is 0.000000190. The second kappa shape index (κ2) is 18.1. The van der Waals surface area contributed by atoms with Crippen LogP contribution in [0.1, 0.15) is 0 Å². The van der Waals surface area contributed by atoms with Gasteiger partial charge in [0.1, 0.15) is 30.4 Å². The second-order valence-electron chi connectivity index (χ2n) is 13.9. The van der Waals surface area contributed by atoms with Gasteiger partial charge in [0.15, 0.2) is 11.7 Å². The van der Waals surface area contributed by atoms with E-state index >= 15 is 0 Å². The summed E-state index contributed by atoms with van der Waals surface area (Å²) < 4.78 is 24.4. The van der Waals surface area contributed by atoms with E-state index < -0.39 is 16.1 Å². The number of hydrogen-bond acceptors (Lipinski definition) is 12. The fraction of sp³-hybridized carbons (Fsp3) is 0.467. The first-order chi connectivity index (χ1) is 23.7. The molecule has 0 fully saturated rings. The summed E-state index contributed by atoms with van der Waals surface area (Å²) in [5, 5.41) is 32.8. The Hall–Kier alpha value is -3.57. The molecule has 1 N–H and O–H groups in total. The van der Waals surface area contributed by atoms with Crippen molar-refractivity contribution in [3.8, 4) is 17.4 Å². The minimum Gasteiger partial charge on any atom is -0.523 e. The molecule has 0 atom stereocenters. The number of aromatic nitrogens is 12. The number of rotatable bonds is 13. The van der Waals surface area contributed by atoms with Crippen molar-refractivity contribution in [2.24, 2.45) is 14.1 Å². The zero-order valence-corrected chi connectivity index (χ0v) is 34.0. The van der Waals surface area contributed by atoms with E-state index in [1.807, 2.05) is 74.5 Å². The zero-order valence-electron chi connectivity index (χ0n) is 29.9. The van der Waals surface area contributed by atoms with E-state index in [4.69, 9.17) is 24.1 Å². The average molecular weight is 832 g/mol. The van der Waals surface area contributed by atoms with Crippen LogP contribution in [-0.2, 0) is 37.0 Å². The Morgan fingerprint density at radius 2 is 1.26 bits per heavy atom. The highest BCUT2D eigenvalue weighted by Gasteiger charge is 2.14. The standard InChI is InChI=1S/C15H22N6OSi.C13H20BN2O3Si.C2H3IN4/c1-20-15(17-18-19-20)13-6-5-12-7-8-21(14(12)16-13)11-22-9-10-23(2,3)4;1-20(2,3)9-8-18-10-16-7-6-11-4-5-12(19-14-17)15-13(11)16;1-7-2(3)4-5-6-7/h5-8H,9-11H2,1-4H3;4-7,17H,8-10H2,1-3H3;1H3. The topological polar surface area (TPSA) is 171 Å². The molecule has 6 aromatic heterocycles. The Bertz CT molecular complexity index is 1920. The van der Waals surface area contributed by atoms with E-state index in [1.165, 1.54) is 0 Å². The lowest BCUT2D eigenvalue weighted by Crippen LogP contribution is -2.22. The fourth-order valence-corrected chi connectivity index (χ4v) is 6.01. The van der Waals surface area contributed by atoms with Gasteiger partial charge in [-0.2, -0.15) is 4.98 Å². The van der Waals surface area contributed by atoms with E-state index in [1.54, 1.807) is 29.5 Å². The van der Waals surface area contributed by atoms with E-state index in [2.05, 4.69) is 75.3 Å². The van der Waals surface area contributed by atoms with Crippen LogP contribution in [0.2, 0.25) is 51.4 Å². The quantitative estimate of drug-likeness (QED) is 0.0976. The summed E-state index contributed by atoms with van der Waals surface area (Å²) in [6.07, 6.45) is 3.95. The predicted octanol–water partition coefficient (Wildman–Crippen LogP) is 4.61. The van der Waals surface area contributed by atoms with Crippen LogP contribution in [0.5, 0.6) is 5.88 Å². The van der Waals surface area contributed by atoms with Crippen LogP contribution in [0.15, 0.2) is 48.8 Å². The molecule has 0 aliphatic heterocycles. The van der Waals surface area contributed by atoms with Crippen LogP contribution in [0, 0.1) is 3.83 Å². The minimum atomic E-state index is -1.06. The lowest BCUT2D eigenvalue weighted by atomic mass is 10.3. The van der Waals surface area contributed by atoms with Gasteiger partial charge in [0, 0.05) is 89.2 Å². The molecule has 267 valence electrons. The van der Waals surface area contributed by atoms with Crippen molar-refractivity contribution < 1.29 is 19.2 Å².